The highest BCUT2D eigenvalue weighted by molar-refractivity contribution is 5.76. The van der Waals surface area contributed by atoms with Gasteiger partial charge in [-0.2, -0.15) is 5.26 Å². The number of hydrogen-bond acceptors (Lipinski definition) is 6. The number of amides is 1. The summed E-state index contributed by atoms with van der Waals surface area (Å²) in [7, 11) is 0. The fourth-order valence-corrected chi connectivity index (χ4v) is 3.15. The topological polar surface area (TPSA) is 95.5 Å². The lowest BCUT2D eigenvalue weighted by atomic mass is 10.1. The highest BCUT2D eigenvalue weighted by atomic mass is 16.5. The number of carbonyl (C=O) groups is 1. The summed E-state index contributed by atoms with van der Waals surface area (Å²) in [4.78, 5) is 20.7. The average Bonchev–Trinajstić information content (AvgIpc) is 2.77. The quantitative estimate of drug-likeness (QED) is 0.736. The van der Waals surface area contributed by atoms with Gasteiger partial charge >= 0.3 is 0 Å². The molecule has 1 aromatic carbocycles. The first-order valence-corrected chi connectivity index (χ1v) is 9.44. The Kier molecular flexibility index (Phi) is 6.95. The van der Waals surface area contributed by atoms with E-state index in [1.807, 2.05) is 41.3 Å². The van der Waals surface area contributed by atoms with Crippen LogP contribution in [0.15, 0.2) is 48.7 Å². The molecule has 0 radical (unpaired) electrons. The Morgan fingerprint density at radius 2 is 1.93 bits per heavy atom. The molecule has 0 bridgehead atoms. The summed E-state index contributed by atoms with van der Waals surface area (Å²) in [5.41, 5.74) is 7.67. The lowest BCUT2D eigenvalue weighted by Crippen LogP contribution is -2.49. The van der Waals surface area contributed by atoms with Crippen molar-refractivity contribution in [2.24, 2.45) is 5.73 Å². The first kappa shape index (κ1) is 19.8. The van der Waals surface area contributed by atoms with Gasteiger partial charge in [-0.1, -0.05) is 30.3 Å². The van der Waals surface area contributed by atoms with Crippen molar-refractivity contribution in [3.63, 3.8) is 0 Å². The van der Waals surface area contributed by atoms with Gasteiger partial charge in [0, 0.05) is 32.4 Å². The average molecular weight is 379 g/mol. The van der Waals surface area contributed by atoms with Gasteiger partial charge in [0.2, 0.25) is 5.91 Å². The summed E-state index contributed by atoms with van der Waals surface area (Å²) in [5, 5.41) is 8.85. The third-order valence-electron chi connectivity index (χ3n) is 4.82. The third kappa shape index (κ3) is 5.28. The van der Waals surface area contributed by atoms with Gasteiger partial charge in [-0.05, 0) is 17.7 Å². The van der Waals surface area contributed by atoms with Crippen LogP contribution in [0.2, 0.25) is 0 Å². The van der Waals surface area contributed by atoms with Crippen molar-refractivity contribution >= 4 is 11.7 Å². The molecular weight excluding hydrogens is 354 g/mol. The Morgan fingerprint density at radius 3 is 2.57 bits per heavy atom. The van der Waals surface area contributed by atoms with Gasteiger partial charge < -0.3 is 20.3 Å². The van der Waals surface area contributed by atoms with Crippen molar-refractivity contribution in [2.75, 3.05) is 44.3 Å². The molecule has 1 aromatic heterocycles. The van der Waals surface area contributed by atoms with E-state index in [0.717, 1.165) is 24.5 Å². The Labute approximate surface area is 165 Å². The van der Waals surface area contributed by atoms with Crippen LogP contribution in [0.5, 0.6) is 0 Å². The van der Waals surface area contributed by atoms with E-state index in [2.05, 4.69) is 16.0 Å². The molecule has 7 heteroatoms. The second-order valence-corrected chi connectivity index (χ2v) is 6.73. The van der Waals surface area contributed by atoms with E-state index in [4.69, 9.17) is 15.7 Å². The van der Waals surface area contributed by atoms with Gasteiger partial charge in [-0.15, -0.1) is 0 Å². The summed E-state index contributed by atoms with van der Waals surface area (Å²) in [6, 6.07) is 15.3. The van der Waals surface area contributed by atoms with Gasteiger partial charge in [-0.25, -0.2) is 4.98 Å². The Bertz CT molecular complexity index is 796. The predicted octanol–water partition coefficient (Wildman–Crippen LogP) is 1.71. The molecule has 2 aromatic rings. The highest BCUT2D eigenvalue weighted by Gasteiger charge is 2.21. The number of piperazine rings is 1. The summed E-state index contributed by atoms with van der Waals surface area (Å²) in [6.45, 7) is 3.54. The van der Waals surface area contributed by atoms with Crippen LogP contribution in [0.25, 0.3) is 0 Å². The summed E-state index contributed by atoms with van der Waals surface area (Å²) in [6.07, 6.45) is 1.93. The Balaban J connectivity index is 1.36. The molecule has 0 spiro atoms. The monoisotopic (exact) mass is 379 g/mol. The predicted molar refractivity (Wildman–Crippen MR) is 107 cm³/mol. The number of aromatic nitrogens is 1. The SMILES string of the molecule is N#Cc1ccc(N2CCN(C(=O)CCOCC(N)c3ccccc3)CC2)nc1. The molecule has 1 fully saturated rings. The number of nitrogens with two attached hydrogens (primary N) is 1. The van der Waals surface area contributed by atoms with E-state index in [1.165, 1.54) is 0 Å². The van der Waals surface area contributed by atoms with Crippen molar-refractivity contribution < 1.29 is 9.53 Å². The second kappa shape index (κ2) is 9.83. The molecule has 7 nitrogen and oxygen atoms in total. The molecule has 0 saturated carbocycles. The normalized spacial score (nSPS) is 15.1. The number of benzene rings is 1. The van der Waals surface area contributed by atoms with E-state index in [9.17, 15) is 4.79 Å². The van der Waals surface area contributed by atoms with Crippen LogP contribution in [0.4, 0.5) is 5.82 Å². The van der Waals surface area contributed by atoms with Crippen LogP contribution < -0.4 is 10.6 Å². The van der Waals surface area contributed by atoms with Crippen LogP contribution in [0.3, 0.4) is 0 Å². The zero-order valence-corrected chi connectivity index (χ0v) is 15.8. The zero-order valence-electron chi connectivity index (χ0n) is 15.8. The minimum absolute atomic E-state index is 0.0979. The number of pyridine rings is 1. The minimum atomic E-state index is -0.181. The van der Waals surface area contributed by atoms with Crippen LogP contribution in [-0.2, 0) is 9.53 Å². The first-order chi connectivity index (χ1) is 13.7. The van der Waals surface area contributed by atoms with Gasteiger partial charge in [0.05, 0.1) is 31.2 Å². The van der Waals surface area contributed by atoms with Gasteiger partial charge in [0.1, 0.15) is 11.9 Å². The van der Waals surface area contributed by atoms with Crippen molar-refractivity contribution in [1.82, 2.24) is 9.88 Å². The van der Waals surface area contributed by atoms with Crippen molar-refractivity contribution in [1.29, 1.82) is 5.26 Å². The Hall–Kier alpha value is -2.95. The van der Waals surface area contributed by atoms with Crippen LogP contribution in [0, 0.1) is 11.3 Å². The maximum absolute atomic E-state index is 12.4. The van der Waals surface area contributed by atoms with Crippen molar-refractivity contribution in [3.8, 4) is 6.07 Å². The molecule has 1 aliphatic rings. The van der Waals surface area contributed by atoms with Crippen molar-refractivity contribution in [3.05, 3.63) is 59.8 Å². The molecule has 146 valence electrons. The minimum Gasteiger partial charge on any atom is -0.379 e. The number of ether oxygens (including phenoxy) is 1. The number of nitrogens with zero attached hydrogens (tertiary/aromatic N) is 4. The summed E-state index contributed by atoms with van der Waals surface area (Å²) < 4.78 is 5.60. The van der Waals surface area contributed by atoms with E-state index in [1.54, 1.807) is 12.3 Å². The standard InChI is InChI=1S/C21H25N5O2/c22-14-17-6-7-20(24-15-17)25-9-11-26(12-10-25)21(27)8-13-28-16-19(23)18-4-2-1-3-5-18/h1-7,15,19H,8-13,16,23H2. The largest absolute Gasteiger partial charge is 0.379 e. The number of anilines is 1. The smallest absolute Gasteiger partial charge is 0.225 e. The molecule has 28 heavy (non-hydrogen) atoms. The number of nitriles is 1. The molecular formula is C21H25N5O2. The molecule has 2 heterocycles. The molecule has 1 unspecified atom stereocenters. The summed E-state index contributed by atoms with van der Waals surface area (Å²) >= 11 is 0. The van der Waals surface area contributed by atoms with Crippen molar-refractivity contribution in [2.45, 2.75) is 12.5 Å². The van der Waals surface area contributed by atoms with Crippen LogP contribution >= 0.6 is 0 Å². The third-order valence-corrected chi connectivity index (χ3v) is 4.82. The van der Waals surface area contributed by atoms with Gasteiger partial charge in [-0.3, -0.25) is 4.79 Å². The molecule has 3 rings (SSSR count). The fourth-order valence-electron chi connectivity index (χ4n) is 3.15. The molecule has 1 saturated heterocycles. The Morgan fingerprint density at radius 1 is 1.18 bits per heavy atom. The molecule has 1 amide bonds. The van der Waals surface area contributed by atoms with E-state index < -0.39 is 0 Å². The summed E-state index contributed by atoms with van der Waals surface area (Å²) in [5.74, 6) is 0.935. The lowest BCUT2D eigenvalue weighted by Gasteiger charge is -2.35. The zero-order chi connectivity index (χ0) is 19.8. The van der Waals surface area contributed by atoms with E-state index in [-0.39, 0.29) is 11.9 Å². The number of hydrogen-bond donors (Lipinski definition) is 1. The molecule has 1 atom stereocenters. The second-order valence-electron chi connectivity index (χ2n) is 6.73. The van der Waals surface area contributed by atoms with Crippen LogP contribution in [-0.4, -0.2) is 55.2 Å². The lowest BCUT2D eigenvalue weighted by molar-refractivity contribution is -0.132. The first-order valence-electron chi connectivity index (χ1n) is 9.44. The van der Waals surface area contributed by atoms with E-state index >= 15 is 0 Å². The number of carbonyl (C=O) groups excluding carboxylic acids is 1. The number of rotatable bonds is 7. The van der Waals surface area contributed by atoms with Gasteiger partial charge in [0.15, 0.2) is 0 Å². The van der Waals surface area contributed by atoms with Crippen LogP contribution in [0.1, 0.15) is 23.6 Å². The van der Waals surface area contributed by atoms with Gasteiger partial charge in [0.25, 0.3) is 0 Å². The molecule has 2 N–H and O–H groups in total. The maximum atomic E-state index is 12.4. The molecule has 1 aliphatic heterocycles. The fraction of sp³-hybridized carbons (Fsp3) is 0.381. The molecule has 0 aliphatic carbocycles. The highest BCUT2D eigenvalue weighted by Crippen LogP contribution is 2.14. The maximum Gasteiger partial charge on any atom is 0.225 e. The van der Waals surface area contributed by atoms with E-state index in [0.29, 0.717) is 38.3 Å².